The summed E-state index contributed by atoms with van der Waals surface area (Å²) in [6.07, 6.45) is 2.23. The Morgan fingerprint density at radius 3 is 2.94 bits per heavy atom. The van der Waals surface area contributed by atoms with Crippen molar-refractivity contribution >= 4 is 28.6 Å². The molecule has 2 rings (SSSR count). The fourth-order valence-electron chi connectivity index (χ4n) is 2.21. The lowest BCUT2D eigenvalue weighted by Crippen LogP contribution is -2.49. The second-order valence-electron chi connectivity index (χ2n) is 4.22. The summed E-state index contributed by atoms with van der Waals surface area (Å²) in [6, 6.07) is 8.03. The van der Waals surface area contributed by atoms with Gasteiger partial charge in [0.05, 0.1) is 0 Å². The van der Waals surface area contributed by atoms with E-state index in [4.69, 9.17) is 0 Å². The maximum Gasteiger partial charge on any atom is 0.324 e. The molecule has 1 saturated heterocycles. The molecule has 86 valence electrons. The molecule has 0 radical (unpaired) electrons. The highest BCUT2D eigenvalue weighted by Gasteiger charge is 2.40. The van der Waals surface area contributed by atoms with Gasteiger partial charge in [0.2, 0.25) is 0 Å². The number of carboxylic acids is 1. The monoisotopic (exact) mass is 331 g/mol. The quantitative estimate of drug-likeness (QED) is 0.834. The zero-order valence-electron chi connectivity index (χ0n) is 8.87. The van der Waals surface area contributed by atoms with E-state index in [1.54, 1.807) is 0 Å². The normalized spacial score (nSPS) is 24.6. The molecular formula is C12H14INO2. The zero-order chi connectivity index (χ0) is 11.6. The average Bonchev–Trinajstić information content (AvgIpc) is 2.67. The van der Waals surface area contributed by atoms with Crippen molar-refractivity contribution in [2.24, 2.45) is 0 Å². The standard InChI is InChI=1S/C12H14INO2/c13-10-4-1-3-9(7-10)8-12(11(15)16)5-2-6-14-12/h1,3-4,7,14H,2,5-6,8H2,(H,15,16)/t12-/m1/s1. The Morgan fingerprint density at radius 2 is 2.38 bits per heavy atom. The summed E-state index contributed by atoms with van der Waals surface area (Å²) in [7, 11) is 0. The van der Waals surface area contributed by atoms with Crippen molar-refractivity contribution in [2.45, 2.75) is 24.8 Å². The first-order chi connectivity index (χ1) is 7.62. The van der Waals surface area contributed by atoms with Crippen LogP contribution in [0.4, 0.5) is 0 Å². The van der Waals surface area contributed by atoms with Crippen molar-refractivity contribution in [3.05, 3.63) is 33.4 Å². The predicted molar refractivity (Wildman–Crippen MR) is 70.5 cm³/mol. The lowest BCUT2D eigenvalue weighted by Gasteiger charge is -2.24. The first-order valence-electron chi connectivity index (χ1n) is 5.35. The third-order valence-corrected chi connectivity index (χ3v) is 3.72. The molecule has 0 unspecified atom stereocenters. The van der Waals surface area contributed by atoms with Crippen molar-refractivity contribution in [2.75, 3.05) is 6.54 Å². The topological polar surface area (TPSA) is 49.3 Å². The summed E-state index contributed by atoms with van der Waals surface area (Å²) in [5, 5.41) is 12.5. The van der Waals surface area contributed by atoms with E-state index in [0.717, 1.165) is 22.1 Å². The van der Waals surface area contributed by atoms with Gasteiger partial charge in [-0.1, -0.05) is 12.1 Å². The van der Waals surface area contributed by atoms with Crippen LogP contribution in [-0.2, 0) is 11.2 Å². The minimum absolute atomic E-state index is 0.569. The van der Waals surface area contributed by atoms with Gasteiger partial charge in [-0.05, 0) is 59.7 Å². The molecule has 1 aromatic rings. The van der Waals surface area contributed by atoms with Crippen LogP contribution in [0.2, 0.25) is 0 Å². The number of carboxylic acid groups (broad SMARTS) is 1. The maximum absolute atomic E-state index is 11.3. The molecule has 1 aliphatic rings. The Morgan fingerprint density at radius 1 is 1.56 bits per heavy atom. The van der Waals surface area contributed by atoms with Crippen LogP contribution in [0.15, 0.2) is 24.3 Å². The van der Waals surface area contributed by atoms with Crippen LogP contribution < -0.4 is 5.32 Å². The molecule has 2 N–H and O–H groups in total. The van der Waals surface area contributed by atoms with E-state index in [0.29, 0.717) is 12.8 Å². The second kappa shape index (κ2) is 4.71. The highest BCUT2D eigenvalue weighted by atomic mass is 127. The Bertz CT molecular complexity index is 400. The highest BCUT2D eigenvalue weighted by Crippen LogP contribution is 2.25. The summed E-state index contributed by atoms with van der Waals surface area (Å²) < 4.78 is 1.15. The molecular weight excluding hydrogens is 317 g/mol. The molecule has 0 saturated carbocycles. The van der Waals surface area contributed by atoms with Gasteiger partial charge in [-0.25, -0.2) is 0 Å². The van der Waals surface area contributed by atoms with E-state index in [1.807, 2.05) is 24.3 Å². The van der Waals surface area contributed by atoms with Gasteiger partial charge >= 0.3 is 5.97 Å². The van der Waals surface area contributed by atoms with Gasteiger partial charge in [-0.2, -0.15) is 0 Å². The number of aliphatic carboxylic acids is 1. The maximum atomic E-state index is 11.3. The fourth-order valence-corrected chi connectivity index (χ4v) is 2.82. The molecule has 0 amide bonds. The molecule has 0 spiro atoms. The summed E-state index contributed by atoms with van der Waals surface area (Å²) in [5.74, 6) is -0.733. The van der Waals surface area contributed by atoms with Gasteiger partial charge in [0.1, 0.15) is 5.54 Å². The minimum atomic E-state index is -0.746. The average molecular weight is 331 g/mol. The van der Waals surface area contributed by atoms with Crippen molar-refractivity contribution < 1.29 is 9.90 Å². The lowest BCUT2D eigenvalue weighted by molar-refractivity contribution is -0.144. The van der Waals surface area contributed by atoms with Gasteiger partial charge in [-0.15, -0.1) is 0 Å². The lowest BCUT2D eigenvalue weighted by atomic mass is 9.89. The smallest absolute Gasteiger partial charge is 0.324 e. The van der Waals surface area contributed by atoms with Gasteiger partial charge in [-0.3, -0.25) is 4.79 Å². The molecule has 1 heterocycles. The van der Waals surface area contributed by atoms with E-state index < -0.39 is 11.5 Å². The van der Waals surface area contributed by atoms with Gasteiger partial charge in [0.15, 0.2) is 0 Å². The largest absolute Gasteiger partial charge is 0.480 e. The number of rotatable bonds is 3. The number of carbonyl (C=O) groups is 1. The van der Waals surface area contributed by atoms with Crippen molar-refractivity contribution in [3.63, 3.8) is 0 Å². The summed E-state index contributed by atoms with van der Waals surface area (Å²) in [5.41, 5.74) is 0.341. The van der Waals surface area contributed by atoms with Gasteiger partial charge < -0.3 is 10.4 Å². The predicted octanol–water partition coefficient (Wildman–Crippen LogP) is 2.04. The first-order valence-corrected chi connectivity index (χ1v) is 6.43. The van der Waals surface area contributed by atoms with Crippen LogP contribution in [0, 0.1) is 3.57 Å². The van der Waals surface area contributed by atoms with Crippen LogP contribution in [0.1, 0.15) is 18.4 Å². The van der Waals surface area contributed by atoms with Gasteiger partial charge in [0.25, 0.3) is 0 Å². The number of hydrogen-bond donors (Lipinski definition) is 2. The molecule has 1 aromatic carbocycles. The Kier molecular flexibility index (Phi) is 3.49. The Hall–Kier alpha value is -0.620. The Balaban J connectivity index is 2.21. The number of benzene rings is 1. The number of nitrogens with one attached hydrogen (secondary N) is 1. The highest BCUT2D eigenvalue weighted by molar-refractivity contribution is 14.1. The number of halogens is 1. The molecule has 16 heavy (non-hydrogen) atoms. The van der Waals surface area contributed by atoms with Gasteiger partial charge in [0, 0.05) is 9.99 Å². The van der Waals surface area contributed by atoms with Crippen molar-refractivity contribution in [3.8, 4) is 0 Å². The molecule has 4 heteroatoms. The van der Waals surface area contributed by atoms with E-state index in [-0.39, 0.29) is 0 Å². The molecule has 0 bridgehead atoms. The molecule has 3 nitrogen and oxygen atoms in total. The van der Waals surface area contributed by atoms with E-state index in [2.05, 4.69) is 27.9 Å². The molecule has 1 atom stereocenters. The third-order valence-electron chi connectivity index (χ3n) is 3.05. The minimum Gasteiger partial charge on any atom is -0.480 e. The zero-order valence-corrected chi connectivity index (χ0v) is 11.0. The van der Waals surface area contributed by atoms with Crippen LogP contribution in [0.25, 0.3) is 0 Å². The van der Waals surface area contributed by atoms with Crippen molar-refractivity contribution in [1.29, 1.82) is 0 Å². The Labute approximate surface area is 108 Å². The van der Waals surface area contributed by atoms with Crippen LogP contribution in [0.3, 0.4) is 0 Å². The number of hydrogen-bond acceptors (Lipinski definition) is 2. The molecule has 0 aliphatic carbocycles. The SMILES string of the molecule is O=C(O)[C@]1(Cc2cccc(I)c2)CCCN1. The van der Waals surface area contributed by atoms with E-state index in [1.165, 1.54) is 0 Å². The van der Waals surface area contributed by atoms with Crippen molar-refractivity contribution in [1.82, 2.24) is 5.32 Å². The van der Waals surface area contributed by atoms with E-state index >= 15 is 0 Å². The summed E-state index contributed by atoms with van der Waals surface area (Å²) in [4.78, 5) is 11.3. The second-order valence-corrected chi connectivity index (χ2v) is 5.47. The molecule has 1 fully saturated rings. The molecule has 1 aliphatic heterocycles. The van der Waals surface area contributed by atoms with Crippen LogP contribution in [0.5, 0.6) is 0 Å². The summed E-state index contributed by atoms with van der Waals surface area (Å²) in [6.45, 7) is 0.802. The summed E-state index contributed by atoms with van der Waals surface area (Å²) >= 11 is 2.25. The van der Waals surface area contributed by atoms with E-state index in [9.17, 15) is 9.90 Å². The third kappa shape index (κ3) is 2.38. The molecule has 0 aromatic heterocycles. The fraction of sp³-hybridized carbons (Fsp3) is 0.417. The van der Waals surface area contributed by atoms with Crippen LogP contribution >= 0.6 is 22.6 Å². The first kappa shape index (κ1) is 11.9. The van der Waals surface area contributed by atoms with Crippen LogP contribution in [-0.4, -0.2) is 23.2 Å².